The lowest BCUT2D eigenvalue weighted by molar-refractivity contribution is -0.159. The lowest BCUT2D eigenvalue weighted by Crippen LogP contribution is -2.11. The second-order valence-corrected chi connectivity index (χ2v) is 4.48. The van der Waals surface area contributed by atoms with Crippen LogP contribution in [0.4, 0.5) is 0 Å². The number of hydrogen-bond acceptors (Lipinski definition) is 6. The molecule has 1 aromatic carbocycles. The van der Waals surface area contributed by atoms with Crippen LogP contribution in [0.25, 0.3) is 0 Å². The average molecular weight is 321 g/mol. The summed E-state index contributed by atoms with van der Waals surface area (Å²) >= 11 is 0. The summed E-state index contributed by atoms with van der Waals surface area (Å²) in [6, 6.07) is 9.80. The maximum atomic E-state index is 9.10. The third-order valence-corrected chi connectivity index (χ3v) is 2.83. The number of carboxylic acids is 2. The number of fused-ring (bicyclic) bond motifs is 1. The third-order valence-electron chi connectivity index (χ3n) is 2.83. The first-order chi connectivity index (χ1) is 11.1. The molecule has 3 N–H and O–H groups in total. The first kappa shape index (κ1) is 16.4. The zero-order valence-electron chi connectivity index (χ0n) is 12.0. The second-order valence-electron chi connectivity index (χ2n) is 4.48. The van der Waals surface area contributed by atoms with Gasteiger partial charge in [-0.3, -0.25) is 0 Å². The van der Waals surface area contributed by atoms with Gasteiger partial charge in [-0.1, -0.05) is 6.07 Å². The topological polar surface area (TPSA) is 118 Å². The minimum atomic E-state index is -1.82. The van der Waals surface area contributed by atoms with Gasteiger partial charge in [0.15, 0.2) is 11.5 Å². The molecular formula is C15H15NO7. The largest absolute Gasteiger partial charge is 0.473 e. The highest BCUT2D eigenvalue weighted by molar-refractivity contribution is 6.27. The molecule has 3 rings (SSSR count). The van der Waals surface area contributed by atoms with Crippen molar-refractivity contribution >= 4 is 11.9 Å². The molecule has 0 unspecified atom stereocenters. The predicted octanol–water partition coefficient (Wildman–Crippen LogP) is 1.45. The van der Waals surface area contributed by atoms with Gasteiger partial charge in [0.25, 0.3) is 0 Å². The summed E-state index contributed by atoms with van der Waals surface area (Å²) in [6.07, 6.45) is 1.68. The fourth-order valence-electron chi connectivity index (χ4n) is 1.79. The molecule has 2 heterocycles. The Labute approximate surface area is 131 Å². The summed E-state index contributed by atoms with van der Waals surface area (Å²) in [5.74, 6) is -1.07. The van der Waals surface area contributed by atoms with Crippen LogP contribution in [0.5, 0.6) is 11.5 Å². The molecule has 0 aliphatic carbocycles. The van der Waals surface area contributed by atoms with Gasteiger partial charge in [0, 0.05) is 6.54 Å². The van der Waals surface area contributed by atoms with Crippen LogP contribution in [0.15, 0.2) is 41.0 Å². The number of ether oxygens (including phenoxy) is 2. The number of nitrogens with one attached hydrogen (secondary N) is 1. The summed E-state index contributed by atoms with van der Waals surface area (Å²) in [5.41, 5.74) is 1.17. The van der Waals surface area contributed by atoms with Crippen molar-refractivity contribution < 1.29 is 33.7 Å². The van der Waals surface area contributed by atoms with Crippen molar-refractivity contribution in [3.63, 3.8) is 0 Å². The molecule has 0 radical (unpaired) electrons. The van der Waals surface area contributed by atoms with Crippen LogP contribution in [0.1, 0.15) is 11.3 Å². The van der Waals surface area contributed by atoms with Gasteiger partial charge >= 0.3 is 11.9 Å². The van der Waals surface area contributed by atoms with Crippen molar-refractivity contribution in [3.05, 3.63) is 47.9 Å². The Morgan fingerprint density at radius 1 is 1.04 bits per heavy atom. The highest BCUT2D eigenvalue weighted by Crippen LogP contribution is 2.32. The van der Waals surface area contributed by atoms with Gasteiger partial charge in [-0.15, -0.1) is 0 Å². The van der Waals surface area contributed by atoms with E-state index in [4.69, 9.17) is 33.7 Å². The summed E-state index contributed by atoms with van der Waals surface area (Å²) in [6.45, 7) is 1.82. The number of furan rings is 1. The van der Waals surface area contributed by atoms with E-state index in [2.05, 4.69) is 5.32 Å². The quantitative estimate of drug-likeness (QED) is 0.724. The number of carboxylic acid groups (broad SMARTS) is 2. The van der Waals surface area contributed by atoms with Crippen LogP contribution in [0, 0.1) is 0 Å². The van der Waals surface area contributed by atoms with Crippen molar-refractivity contribution in [2.75, 3.05) is 6.79 Å². The highest BCUT2D eigenvalue weighted by atomic mass is 16.7. The number of aliphatic carboxylic acids is 2. The summed E-state index contributed by atoms with van der Waals surface area (Å²) in [4.78, 5) is 18.2. The first-order valence-corrected chi connectivity index (χ1v) is 6.64. The van der Waals surface area contributed by atoms with Gasteiger partial charge in [0.2, 0.25) is 6.79 Å². The normalized spacial score (nSPS) is 11.5. The predicted molar refractivity (Wildman–Crippen MR) is 77.1 cm³/mol. The van der Waals surface area contributed by atoms with Gasteiger partial charge in [0.05, 0.1) is 12.8 Å². The fourth-order valence-corrected chi connectivity index (χ4v) is 1.79. The molecule has 1 aliphatic rings. The van der Waals surface area contributed by atoms with Crippen LogP contribution in [-0.4, -0.2) is 28.9 Å². The van der Waals surface area contributed by atoms with E-state index in [0.717, 1.165) is 30.3 Å². The Balaban J connectivity index is 0.000000277. The zero-order chi connectivity index (χ0) is 16.7. The molecule has 0 saturated heterocycles. The van der Waals surface area contributed by atoms with E-state index >= 15 is 0 Å². The summed E-state index contributed by atoms with van der Waals surface area (Å²) in [5, 5.41) is 18.1. The molecule has 23 heavy (non-hydrogen) atoms. The minimum absolute atomic E-state index is 0.318. The lowest BCUT2D eigenvalue weighted by Gasteiger charge is -2.04. The standard InChI is InChI=1S/C13H13NO3.C2H2O4/c1-2-11(15-5-1)8-14-7-10-3-4-12-13(6-10)17-9-16-12;3-1(4)2(5)6/h1-6,14H,7-9H2;(H,3,4)(H,5,6). The van der Waals surface area contributed by atoms with Crippen LogP contribution >= 0.6 is 0 Å². The second kappa shape index (κ2) is 7.85. The smallest absolute Gasteiger partial charge is 0.414 e. The Bertz CT molecular complexity index is 654. The van der Waals surface area contributed by atoms with Gasteiger partial charge in [-0.2, -0.15) is 0 Å². The van der Waals surface area contributed by atoms with E-state index in [1.165, 1.54) is 5.56 Å². The molecule has 8 heteroatoms. The molecule has 0 saturated carbocycles. The van der Waals surface area contributed by atoms with E-state index in [9.17, 15) is 0 Å². The Hall–Kier alpha value is -3.00. The number of carbonyl (C=O) groups is 2. The van der Waals surface area contributed by atoms with Gasteiger partial charge < -0.3 is 29.4 Å². The molecule has 1 aromatic heterocycles. The maximum absolute atomic E-state index is 9.10. The highest BCUT2D eigenvalue weighted by Gasteiger charge is 2.12. The van der Waals surface area contributed by atoms with Crippen LogP contribution in [-0.2, 0) is 22.7 Å². The zero-order valence-corrected chi connectivity index (χ0v) is 12.0. The Morgan fingerprint density at radius 2 is 1.78 bits per heavy atom. The van der Waals surface area contributed by atoms with Crippen molar-refractivity contribution in [2.24, 2.45) is 0 Å². The fraction of sp³-hybridized carbons (Fsp3) is 0.200. The van der Waals surface area contributed by atoms with Crippen molar-refractivity contribution in [1.29, 1.82) is 0 Å². The molecule has 0 spiro atoms. The summed E-state index contributed by atoms with van der Waals surface area (Å²) in [7, 11) is 0. The average Bonchev–Trinajstić information content (AvgIpc) is 3.18. The summed E-state index contributed by atoms with van der Waals surface area (Å²) < 4.78 is 15.8. The number of benzene rings is 1. The van der Waals surface area contributed by atoms with Crippen LogP contribution in [0.3, 0.4) is 0 Å². The molecule has 1 aliphatic heterocycles. The molecule has 0 amide bonds. The molecular weight excluding hydrogens is 306 g/mol. The SMILES string of the molecule is O=C(O)C(=O)O.c1coc(CNCc2ccc3c(c2)OCO3)c1. The van der Waals surface area contributed by atoms with Crippen molar-refractivity contribution in [2.45, 2.75) is 13.1 Å². The van der Waals surface area contributed by atoms with E-state index in [1.54, 1.807) is 6.26 Å². The van der Waals surface area contributed by atoms with Crippen molar-refractivity contribution in [1.82, 2.24) is 5.32 Å². The number of rotatable bonds is 4. The van der Waals surface area contributed by atoms with Gasteiger partial charge in [-0.05, 0) is 29.8 Å². The molecule has 0 atom stereocenters. The Kier molecular flexibility index (Phi) is 5.59. The van der Waals surface area contributed by atoms with E-state index < -0.39 is 11.9 Å². The molecule has 0 bridgehead atoms. The molecule has 0 fully saturated rings. The Morgan fingerprint density at radius 3 is 2.43 bits per heavy atom. The van der Waals surface area contributed by atoms with Crippen LogP contribution in [0.2, 0.25) is 0 Å². The maximum Gasteiger partial charge on any atom is 0.414 e. The van der Waals surface area contributed by atoms with E-state index in [0.29, 0.717) is 6.79 Å². The molecule has 2 aromatic rings. The first-order valence-electron chi connectivity index (χ1n) is 6.64. The van der Waals surface area contributed by atoms with Crippen molar-refractivity contribution in [3.8, 4) is 11.5 Å². The van der Waals surface area contributed by atoms with Gasteiger partial charge in [-0.25, -0.2) is 9.59 Å². The minimum Gasteiger partial charge on any atom is -0.473 e. The van der Waals surface area contributed by atoms with E-state index in [1.807, 2.05) is 30.3 Å². The lowest BCUT2D eigenvalue weighted by atomic mass is 10.2. The monoisotopic (exact) mass is 321 g/mol. The van der Waals surface area contributed by atoms with Crippen LogP contribution < -0.4 is 14.8 Å². The third kappa shape index (κ3) is 5.04. The molecule has 8 nitrogen and oxygen atoms in total. The number of hydrogen-bond donors (Lipinski definition) is 3. The van der Waals surface area contributed by atoms with E-state index in [-0.39, 0.29) is 0 Å². The van der Waals surface area contributed by atoms with Gasteiger partial charge in [0.1, 0.15) is 5.76 Å². The molecule has 122 valence electrons.